The summed E-state index contributed by atoms with van der Waals surface area (Å²) in [4.78, 5) is 5.26. The number of hydrogen-bond donors (Lipinski definition) is 0. The van der Waals surface area contributed by atoms with E-state index >= 15 is 0 Å². The molecule has 0 radical (unpaired) electrons. The van der Waals surface area contributed by atoms with Crippen molar-refractivity contribution in [3.8, 4) is 5.69 Å². The molecule has 1 aliphatic heterocycles. The third-order valence-electron chi connectivity index (χ3n) is 4.85. The molecular formula is C21H18N2. The zero-order chi connectivity index (χ0) is 15.2. The molecule has 0 saturated heterocycles. The van der Waals surface area contributed by atoms with Crippen molar-refractivity contribution in [2.45, 2.75) is 18.9 Å². The van der Waals surface area contributed by atoms with E-state index in [1.54, 1.807) is 0 Å². The lowest BCUT2D eigenvalue weighted by atomic mass is 9.97. The Morgan fingerprint density at radius 1 is 0.826 bits per heavy atom. The van der Waals surface area contributed by atoms with Gasteiger partial charge in [0.15, 0.2) is 0 Å². The van der Waals surface area contributed by atoms with Crippen LogP contribution in [-0.4, -0.2) is 10.3 Å². The highest BCUT2D eigenvalue weighted by Gasteiger charge is 2.33. The van der Waals surface area contributed by atoms with Crippen LogP contribution in [0.3, 0.4) is 0 Å². The van der Waals surface area contributed by atoms with E-state index in [0.717, 1.165) is 0 Å². The summed E-state index contributed by atoms with van der Waals surface area (Å²) in [6.07, 6.45) is 4.70. The Bertz CT molecular complexity index is 885. The molecule has 0 unspecified atom stereocenters. The van der Waals surface area contributed by atoms with Crippen LogP contribution in [0.15, 0.2) is 77.9 Å². The average Bonchev–Trinajstić information content (AvgIpc) is 3.35. The fraction of sp³-hybridized carbons (Fsp3) is 0.190. The first kappa shape index (κ1) is 12.9. The number of nitrogens with zero attached hydrogens (tertiary/aromatic N) is 2. The number of rotatable bonds is 2. The van der Waals surface area contributed by atoms with E-state index < -0.39 is 0 Å². The average molecular weight is 298 g/mol. The minimum Gasteiger partial charge on any atom is -0.315 e. The lowest BCUT2D eigenvalue weighted by molar-refractivity contribution is 0.862. The molecule has 1 aromatic heterocycles. The Balaban J connectivity index is 1.79. The van der Waals surface area contributed by atoms with E-state index in [2.05, 4.69) is 77.5 Å². The number of benzene rings is 2. The van der Waals surface area contributed by atoms with Crippen LogP contribution in [0.2, 0.25) is 0 Å². The van der Waals surface area contributed by atoms with E-state index in [0.29, 0.717) is 5.92 Å². The van der Waals surface area contributed by atoms with Gasteiger partial charge in [0.1, 0.15) is 6.04 Å². The van der Waals surface area contributed by atoms with E-state index in [4.69, 9.17) is 4.99 Å². The first-order valence-corrected chi connectivity index (χ1v) is 8.31. The molecular weight excluding hydrogens is 280 g/mol. The minimum atomic E-state index is 0.0860. The van der Waals surface area contributed by atoms with Crippen LogP contribution in [0.1, 0.15) is 35.7 Å². The smallest absolute Gasteiger partial charge is 0.102 e. The van der Waals surface area contributed by atoms with Crippen LogP contribution in [0.25, 0.3) is 5.69 Å². The second-order valence-electron chi connectivity index (χ2n) is 6.42. The van der Waals surface area contributed by atoms with E-state index in [1.165, 1.54) is 41.1 Å². The van der Waals surface area contributed by atoms with Gasteiger partial charge in [0.25, 0.3) is 0 Å². The van der Waals surface area contributed by atoms with Crippen molar-refractivity contribution >= 4 is 5.71 Å². The third kappa shape index (κ3) is 2.06. The van der Waals surface area contributed by atoms with Gasteiger partial charge in [-0.3, -0.25) is 4.99 Å². The van der Waals surface area contributed by atoms with Gasteiger partial charge in [-0.2, -0.15) is 0 Å². The van der Waals surface area contributed by atoms with Crippen molar-refractivity contribution in [2.24, 2.45) is 10.9 Å². The van der Waals surface area contributed by atoms with Gasteiger partial charge < -0.3 is 4.57 Å². The second-order valence-corrected chi connectivity index (χ2v) is 6.42. The Morgan fingerprint density at radius 2 is 1.61 bits per heavy atom. The third-order valence-corrected chi connectivity index (χ3v) is 4.85. The van der Waals surface area contributed by atoms with Crippen molar-refractivity contribution in [2.75, 3.05) is 0 Å². The maximum atomic E-state index is 5.26. The summed E-state index contributed by atoms with van der Waals surface area (Å²) in [7, 11) is 0. The van der Waals surface area contributed by atoms with Gasteiger partial charge >= 0.3 is 0 Å². The summed E-state index contributed by atoms with van der Waals surface area (Å²) >= 11 is 0. The monoisotopic (exact) mass is 298 g/mol. The van der Waals surface area contributed by atoms with Crippen molar-refractivity contribution in [1.29, 1.82) is 0 Å². The summed E-state index contributed by atoms with van der Waals surface area (Å²) in [5.41, 5.74) is 6.34. The maximum absolute atomic E-state index is 5.26. The van der Waals surface area contributed by atoms with Crippen LogP contribution < -0.4 is 0 Å². The van der Waals surface area contributed by atoms with Gasteiger partial charge in [0.05, 0.1) is 17.1 Å². The van der Waals surface area contributed by atoms with Gasteiger partial charge in [-0.1, -0.05) is 48.5 Å². The van der Waals surface area contributed by atoms with Crippen LogP contribution in [0.4, 0.5) is 0 Å². The van der Waals surface area contributed by atoms with Gasteiger partial charge in [0.2, 0.25) is 0 Å². The van der Waals surface area contributed by atoms with E-state index in [-0.39, 0.29) is 6.04 Å². The van der Waals surface area contributed by atoms with Gasteiger partial charge in [0, 0.05) is 17.7 Å². The Morgan fingerprint density at radius 3 is 2.43 bits per heavy atom. The molecule has 0 amide bonds. The van der Waals surface area contributed by atoms with Crippen molar-refractivity contribution in [3.63, 3.8) is 0 Å². The molecule has 2 nitrogen and oxygen atoms in total. The Kier molecular flexibility index (Phi) is 2.77. The summed E-state index contributed by atoms with van der Waals surface area (Å²) in [5.74, 6) is 0.629. The molecule has 1 fully saturated rings. The van der Waals surface area contributed by atoms with Gasteiger partial charge in [-0.15, -0.1) is 0 Å². The van der Waals surface area contributed by atoms with Crippen LogP contribution >= 0.6 is 0 Å². The topological polar surface area (TPSA) is 17.3 Å². The predicted molar refractivity (Wildman–Crippen MR) is 93.3 cm³/mol. The molecule has 0 spiro atoms. The first-order valence-electron chi connectivity index (χ1n) is 8.31. The minimum absolute atomic E-state index is 0.0860. The van der Waals surface area contributed by atoms with E-state index in [9.17, 15) is 0 Å². The second kappa shape index (κ2) is 4.95. The normalized spacial score (nSPS) is 19.5. The molecule has 2 heteroatoms. The summed E-state index contributed by atoms with van der Waals surface area (Å²) in [5, 5.41) is 0. The molecule has 112 valence electrons. The van der Waals surface area contributed by atoms with Crippen LogP contribution in [-0.2, 0) is 0 Å². The quantitative estimate of drug-likeness (QED) is 0.648. The molecule has 0 bridgehead atoms. The fourth-order valence-corrected chi connectivity index (χ4v) is 3.57. The number of aliphatic imine (C=N–C) groups is 1. The van der Waals surface area contributed by atoms with Gasteiger partial charge in [-0.25, -0.2) is 0 Å². The number of hydrogen-bond acceptors (Lipinski definition) is 1. The summed E-state index contributed by atoms with van der Waals surface area (Å²) < 4.78 is 2.31. The Hall–Kier alpha value is -2.61. The number of fused-ring (bicyclic) bond motifs is 3. The van der Waals surface area contributed by atoms with Crippen LogP contribution in [0.5, 0.6) is 0 Å². The largest absolute Gasteiger partial charge is 0.315 e. The summed E-state index contributed by atoms with van der Waals surface area (Å²) in [6, 6.07) is 23.8. The molecule has 2 aliphatic rings. The van der Waals surface area contributed by atoms with Crippen molar-refractivity contribution in [3.05, 3.63) is 89.7 Å². The zero-order valence-electron chi connectivity index (χ0n) is 12.9. The molecule has 1 saturated carbocycles. The molecule has 1 aliphatic carbocycles. The lowest BCUT2D eigenvalue weighted by Gasteiger charge is -2.16. The predicted octanol–water partition coefficient (Wildman–Crippen LogP) is 4.78. The molecule has 2 aromatic carbocycles. The summed E-state index contributed by atoms with van der Waals surface area (Å²) in [6.45, 7) is 0. The van der Waals surface area contributed by atoms with Crippen molar-refractivity contribution < 1.29 is 0 Å². The highest BCUT2D eigenvalue weighted by atomic mass is 15.0. The highest BCUT2D eigenvalue weighted by Crippen LogP contribution is 2.40. The van der Waals surface area contributed by atoms with Gasteiger partial charge in [-0.05, 0) is 36.6 Å². The molecule has 1 atom stereocenters. The molecule has 2 heterocycles. The lowest BCUT2D eigenvalue weighted by Crippen LogP contribution is -2.08. The maximum Gasteiger partial charge on any atom is 0.102 e. The number of para-hydroxylation sites is 1. The molecule has 3 aromatic rings. The molecule has 23 heavy (non-hydrogen) atoms. The fourth-order valence-electron chi connectivity index (χ4n) is 3.57. The Labute approximate surface area is 136 Å². The first-order chi connectivity index (χ1) is 11.4. The van der Waals surface area contributed by atoms with Crippen LogP contribution in [0, 0.1) is 5.92 Å². The zero-order valence-corrected chi connectivity index (χ0v) is 12.9. The standard InChI is InChI=1S/C21H18N2/c1-2-7-15(8-3-1)20-17-9-4-5-10-18(17)23-14-6-11-19(23)21(22-20)16-12-13-16/h1-11,14,16,20H,12-13H2/t20-/m0/s1. The van der Waals surface area contributed by atoms with Crippen molar-refractivity contribution in [1.82, 2.24) is 4.57 Å². The number of aromatic nitrogens is 1. The van der Waals surface area contributed by atoms with E-state index in [1.807, 2.05) is 0 Å². The SMILES string of the molecule is c1ccc([C@@H]2N=C(C3CC3)c3cccn3-c3ccccc32)cc1. The molecule has 0 N–H and O–H groups in total. The molecule has 5 rings (SSSR count). The highest BCUT2D eigenvalue weighted by molar-refractivity contribution is 6.03.